The number of allylic oxidation sites excluding steroid dienone is 2. The molecule has 0 aromatic carbocycles. The van der Waals surface area contributed by atoms with Crippen LogP contribution in [-0.4, -0.2) is 22.9 Å². The molecular weight excluding hydrogens is 164 g/mol. The molecule has 0 spiro atoms. The fraction of sp³-hybridized carbons (Fsp3) is 0.818. The molecule has 0 heterocycles. The van der Waals surface area contributed by atoms with Crippen molar-refractivity contribution in [2.24, 2.45) is 29.6 Å². The Labute approximate surface area is 78.3 Å². The lowest BCUT2D eigenvalue weighted by molar-refractivity contribution is 0.108. The average Bonchev–Trinajstić information content (AvgIpc) is 2.76. The molecule has 1 unspecified atom stereocenters. The number of fused-ring (bicyclic) bond motifs is 5. The summed E-state index contributed by atoms with van der Waals surface area (Å²) >= 11 is 0. The number of hydrogen-bond donors (Lipinski definition) is 2. The van der Waals surface area contributed by atoms with Crippen molar-refractivity contribution in [3.63, 3.8) is 0 Å². The molecule has 0 aliphatic heterocycles. The van der Waals surface area contributed by atoms with E-state index in [1.165, 1.54) is 6.42 Å². The smallest absolute Gasteiger partial charge is 0.0580 e. The Hall–Kier alpha value is -0.340. The zero-order valence-corrected chi connectivity index (χ0v) is 7.63. The summed E-state index contributed by atoms with van der Waals surface area (Å²) in [7, 11) is 0. The normalized spacial score (nSPS) is 57.4. The molecule has 2 bridgehead atoms. The lowest BCUT2D eigenvalue weighted by atomic mass is 9.81. The third-order valence-electron chi connectivity index (χ3n) is 4.35. The van der Waals surface area contributed by atoms with Gasteiger partial charge < -0.3 is 10.2 Å². The monoisotopic (exact) mass is 180 g/mol. The topological polar surface area (TPSA) is 40.5 Å². The molecule has 3 aliphatic carbocycles. The molecule has 2 heteroatoms. The largest absolute Gasteiger partial charge is 0.396 e. The maximum absolute atomic E-state index is 9.88. The summed E-state index contributed by atoms with van der Waals surface area (Å²) in [6, 6.07) is 0. The van der Waals surface area contributed by atoms with Gasteiger partial charge in [-0.1, -0.05) is 12.2 Å². The van der Waals surface area contributed by atoms with Gasteiger partial charge in [0, 0.05) is 6.61 Å². The lowest BCUT2D eigenvalue weighted by Crippen LogP contribution is -2.24. The SMILES string of the molecule is OC[C@@H]1CC(O)[C@H]2[C@@H]1[C@@H]1C=C[C@H]2C1. The minimum atomic E-state index is -0.151. The Morgan fingerprint density at radius 3 is 2.46 bits per heavy atom. The maximum Gasteiger partial charge on any atom is 0.0580 e. The second kappa shape index (κ2) is 2.58. The van der Waals surface area contributed by atoms with E-state index in [-0.39, 0.29) is 12.7 Å². The number of hydrogen-bond acceptors (Lipinski definition) is 2. The molecule has 2 saturated carbocycles. The van der Waals surface area contributed by atoms with Crippen LogP contribution in [0.5, 0.6) is 0 Å². The Balaban J connectivity index is 1.92. The number of aliphatic hydroxyl groups is 2. The zero-order chi connectivity index (χ0) is 9.00. The van der Waals surface area contributed by atoms with Gasteiger partial charge in [0.25, 0.3) is 0 Å². The Bertz CT molecular complexity index is 248. The number of aliphatic hydroxyl groups excluding tert-OH is 2. The summed E-state index contributed by atoms with van der Waals surface area (Å²) in [5, 5.41) is 19.1. The molecule has 3 aliphatic rings. The van der Waals surface area contributed by atoms with Gasteiger partial charge in [-0.3, -0.25) is 0 Å². The van der Waals surface area contributed by atoms with Gasteiger partial charge >= 0.3 is 0 Å². The second-order valence-electron chi connectivity index (χ2n) is 4.85. The van der Waals surface area contributed by atoms with Crippen LogP contribution in [0.1, 0.15) is 12.8 Å². The minimum absolute atomic E-state index is 0.151. The fourth-order valence-corrected chi connectivity index (χ4v) is 3.92. The molecule has 0 amide bonds. The fourth-order valence-electron chi connectivity index (χ4n) is 3.92. The molecule has 2 N–H and O–H groups in total. The van der Waals surface area contributed by atoms with Gasteiger partial charge in [0.1, 0.15) is 0 Å². The van der Waals surface area contributed by atoms with Gasteiger partial charge in [-0.2, -0.15) is 0 Å². The Morgan fingerprint density at radius 1 is 1.08 bits per heavy atom. The van der Waals surface area contributed by atoms with E-state index in [9.17, 15) is 10.2 Å². The van der Waals surface area contributed by atoms with Crippen molar-refractivity contribution in [2.75, 3.05) is 6.61 Å². The van der Waals surface area contributed by atoms with E-state index in [0.717, 1.165) is 6.42 Å². The van der Waals surface area contributed by atoms with Crippen LogP contribution in [0, 0.1) is 29.6 Å². The quantitative estimate of drug-likeness (QED) is 0.586. The highest BCUT2D eigenvalue weighted by atomic mass is 16.3. The molecular formula is C11H16O2. The van der Waals surface area contributed by atoms with Gasteiger partial charge in [0.05, 0.1) is 6.10 Å². The van der Waals surface area contributed by atoms with Crippen LogP contribution in [0.25, 0.3) is 0 Å². The predicted octanol–water partition coefficient (Wildman–Crippen LogP) is 0.798. The zero-order valence-electron chi connectivity index (χ0n) is 7.63. The lowest BCUT2D eigenvalue weighted by Gasteiger charge is -2.25. The van der Waals surface area contributed by atoms with E-state index >= 15 is 0 Å². The first-order chi connectivity index (χ1) is 6.31. The summed E-state index contributed by atoms with van der Waals surface area (Å²) in [6.07, 6.45) is 6.46. The first-order valence-corrected chi connectivity index (χ1v) is 5.28. The van der Waals surface area contributed by atoms with Crippen molar-refractivity contribution in [3.05, 3.63) is 12.2 Å². The van der Waals surface area contributed by atoms with Crippen LogP contribution in [0.4, 0.5) is 0 Å². The summed E-state index contributed by atoms with van der Waals surface area (Å²) in [4.78, 5) is 0. The van der Waals surface area contributed by atoms with Crippen molar-refractivity contribution in [2.45, 2.75) is 18.9 Å². The molecule has 2 fully saturated rings. The molecule has 0 saturated heterocycles. The van der Waals surface area contributed by atoms with Crippen LogP contribution in [0.2, 0.25) is 0 Å². The average molecular weight is 180 g/mol. The Morgan fingerprint density at radius 2 is 1.77 bits per heavy atom. The highest BCUT2D eigenvalue weighted by Gasteiger charge is 2.54. The molecule has 13 heavy (non-hydrogen) atoms. The summed E-state index contributed by atoms with van der Waals surface area (Å²) in [5.41, 5.74) is 0. The van der Waals surface area contributed by atoms with Gasteiger partial charge in [-0.25, -0.2) is 0 Å². The van der Waals surface area contributed by atoms with Crippen molar-refractivity contribution in [1.82, 2.24) is 0 Å². The molecule has 0 aromatic heterocycles. The van der Waals surface area contributed by atoms with Crippen molar-refractivity contribution >= 4 is 0 Å². The van der Waals surface area contributed by atoms with E-state index in [0.29, 0.717) is 29.6 Å². The van der Waals surface area contributed by atoms with Gasteiger partial charge in [0.2, 0.25) is 0 Å². The van der Waals surface area contributed by atoms with E-state index in [1.807, 2.05) is 0 Å². The van der Waals surface area contributed by atoms with Crippen molar-refractivity contribution in [1.29, 1.82) is 0 Å². The van der Waals surface area contributed by atoms with Crippen LogP contribution in [0.15, 0.2) is 12.2 Å². The van der Waals surface area contributed by atoms with Crippen LogP contribution in [-0.2, 0) is 0 Å². The van der Waals surface area contributed by atoms with Crippen molar-refractivity contribution in [3.8, 4) is 0 Å². The van der Waals surface area contributed by atoms with E-state index in [1.54, 1.807) is 0 Å². The third kappa shape index (κ3) is 0.906. The molecule has 72 valence electrons. The van der Waals surface area contributed by atoms with Crippen LogP contribution in [0.3, 0.4) is 0 Å². The summed E-state index contributed by atoms with van der Waals surface area (Å²) in [5.74, 6) is 2.67. The summed E-state index contributed by atoms with van der Waals surface area (Å²) < 4.78 is 0. The predicted molar refractivity (Wildman–Crippen MR) is 48.9 cm³/mol. The van der Waals surface area contributed by atoms with E-state index in [2.05, 4.69) is 12.2 Å². The van der Waals surface area contributed by atoms with Crippen LogP contribution >= 0.6 is 0 Å². The van der Waals surface area contributed by atoms with Gasteiger partial charge in [-0.15, -0.1) is 0 Å². The maximum atomic E-state index is 9.88. The third-order valence-corrected chi connectivity index (χ3v) is 4.35. The highest BCUT2D eigenvalue weighted by Crippen LogP contribution is 2.57. The highest BCUT2D eigenvalue weighted by molar-refractivity contribution is 5.18. The van der Waals surface area contributed by atoms with Gasteiger partial charge in [0.15, 0.2) is 0 Å². The Kier molecular flexibility index (Phi) is 1.59. The van der Waals surface area contributed by atoms with Crippen LogP contribution < -0.4 is 0 Å². The van der Waals surface area contributed by atoms with Gasteiger partial charge in [-0.05, 0) is 42.4 Å². The summed E-state index contributed by atoms with van der Waals surface area (Å²) in [6.45, 7) is 0.259. The molecule has 6 atom stereocenters. The molecule has 3 rings (SSSR count). The number of rotatable bonds is 1. The molecule has 0 radical (unpaired) electrons. The second-order valence-corrected chi connectivity index (χ2v) is 4.85. The first kappa shape index (κ1) is 8.01. The van der Waals surface area contributed by atoms with E-state index in [4.69, 9.17) is 0 Å². The standard InChI is InChI=1S/C11H16O2/c12-5-8-4-9(13)11-7-2-1-6(3-7)10(8)11/h1-2,6-13H,3-5H2/t6-,7+,8+,9?,10-,11+/m1/s1. The minimum Gasteiger partial charge on any atom is -0.396 e. The van der Waals surface area contributed by atoms with Crippen molar-refractivity contribution < 1.29 is 10.2 Å². The molecule has 0 aromatic rings. The first-order valence-electron chi connectivity index (χ1n) is 5.28. The van der Waals surface area contributed by atoms with E-state index < -0.39 is 0 Å². The molecule has 2 nitrogen and oxygen atoms in total.